The van der Waals surface area contributed by atoms with E-state index in [4.69, 9.17) is 0 Å². The number of hydrogen-bond donors (Lipinski definition) is 0. The number of fused-ring (bicyclic) bond motifs is 1. The summed E-state index contributed by atoms with van der Waals surface area (Å²) in [6.07, 6.45) is 0.783. The number of rotatable bonds is 3. The van der Waals surface area contributed by atoms with E-state index in [-0.39, 0.29) is 12.2 Å². The molecule has 0 unspecified atom stereocenters. The predicted octanol–water partition coefficient (Wildman–Crippen LogP) is 2.06. The molecule has 0 atom stereocenters. The number of nitro benzene ring substituents is 1. The third kappa shape index (κ3) is 1.46. The zero-order valence-corrected chi connectivity index (χ0v) is 8.71. The molecule has 5 nitrogen and oxygen atoms in total. The van der Waals surface area contributed by atoms with E-state index in [9.17, 15) is 14.9 Å². The summed E-state index contributed by atoms with van der Waals surface area (Å²) in [5.41, 5.74) is 1.64. The van der Waals surface area contributed by atoms with Gasteiger partial charge in [-0.2, -0.15) is 0 Å². The maximum Gasteiger partial charge on any atom is 0.278 e. The number of hydrogen-bond acceptors (Lipinski definition) is 3. The van der Waals surface area contributed by atoms with E-state index in [1.54, 1.807) is 22.8 Å². The van der Waals surface area contributed by atoms with Gasteiger partial charge in [-0.1, -0.05) is 6.07 Å². The normalized spacial score (nSPS) is 10.6. The summed E-state index contributed by atoms with van der Waals surface area (Å²) in [6, 6.07) is 6.60. The second-order valence-electron chi connectivity index (χ2n) is 3.53. The maximum absolute atomic E-state index is 10.8. The minimum Gasteiger partial charge on any atom is -0.338 e. The smallest absolute Gasteiger partial charge is 0.278 e. The molecule has 2 rings (SSSR count). The van der Waals surface area contributed by atoms with Crippen LogP contribution in [0.2, 0.25) is 0 Å². The van der Waals surface area contributed by atoms with Gasteiger partial charge in [0.1, 0.15) is 6.29 Å². The molecule has 1 aromatic heterocycles. The molecule has 1 aromatic carbocycles. The Morgan fingerprint density at radius 1 is 1.50 bits per heavy atom. The quantitative estimate of drug-likeness (QED) is 0.450. The number of aryl methyl sites for hydroxylation is 1. The Bertz CT molecular complexity index is 572. The fourth-order valence-electron chi connectivity index (χ4n) is 1.88. The maximum atomic E-state index is 10.8. The Labute approximate surface area is 91.4 Å². The lowest BCUT2D eigenvalue weighted by atomic mass is 10.2. The van der Waals surface area contributed by atoms with Crippen molar-refractivity contribution in [3.8, 4) is 0 Å². The lowest BCUT2D eigenvalue weighted by molar-refractivity contribution is -0.383. The van der Waals surface area contributed by atoms with E-state index in [1.165, 1.54) is 6.07 Å². The summed E-state index contributed by atoms with van der Waals surface area (Å²) < 4.78 is 1.76. The van der Waals surface area contributed by atoms with Crippen LogP contribution in [0.5, 0.6) is 0 Å². The second kappa shape index (κ2) is 3.77. The van der Waals surface area contributed by atoms with Gasteiger partial charge in [0.15, 0.2) is 0 Å². The van der Waals surface area contributed by atoms with Crippen LogP contribution in [-0.2, 0) is 11.3 Å². The van der Waals surface area contributed by atoms with Crippen molar-refractivity contribution in [3.63, 3.8) is 0 Å². The van der Waals surface area contributed by atoms with Crippen molar-refractivity contribution in [2.45, 2.75) is 13.5 Å². The van der Waals surface area contributed by atoms with E-state index >= 15 is 0 Å². The van der Waals surface area contributed by atoms with Crippen LogP contribution >= 0.6 is 0 Å². The Morgan fingerprint density at radius 2 is 2.25 bits per heavy atom. The first-order valence-corrected chi connectivity index (χ1v) is 4.82. The van der Waals surface area contributed by atoms with Crippen molar-refractivity contribution in [2.24, 2.45) is 0 Å². The fourth-order valence-corrected chi connectivity index (χ4v) is 1.88. The highest BCUT2D eigenvalue weighted by Crippen LogP contribution is 2.28. The van der Waals surface area contributed by atoms with Crippen molar-refractivity contribution >= 4 is 22.9 Å². The molecule has 82 valence electrons. The first-order valence-electron chi connectivity index (χ1n) is 4.82. The van der Waals surface area contributed by atoms with E-state index in [2.05, 4.69) is 0 Å². The van der Waals surface area contributed by atoms with Crippen molar-refractivity contribution in [1.29, 1.82) is 0 Å². The molecular weight excluding hydrogens is 208 g/mol. The molecule has 0 N–H and O–H groups in total. The van der Waals surface area contributed by atoms with E-state index in [1.807, 2.05) is 6.92 Å². The van der Waals surface area contributed by atoms with Gasteiger partial charge in [0, 0.05) is 11.8 Å². The van der Waals surface area contributed by atoms with Crippen molar-refractivity contribution < 1.29 is 9.72 Å². The molecule has 0 spiro atoms. The van der Waals surface area contributed by atoms with E-state index in [0.717, 1.165) is 17.5 Å². The molecular formula is C11H10N2O3. The van der Waals surface area contributed by atoms with Crippen LogP contribution in [0.15, 0.2) is 24.3 Å². The number of carbonyl (C=O) groups is 1. The molecule has 0 fully saturated rings. The average Bonchev–Trinajstić information content (AvgIpc) is 2.56. The largest absolute Gasteiger partial charge is 0.338 e. The SMILES string of the molecule is Cc1cc2c([N+](=O)[O-])cccc2n1CC=O. The first-order chi connectivity index (χ1) is 7.65. The van der Waals surface area contributed by atoms with Crippen LogP contribution in [0.1, 0.15) is 5.69 Å². The zero-order valence-electron chi connectivity index (χ0n) is 8.71. The number of benzene rings is 1. The van der Waals surface area contributed by atoms with Crippen LogP contribution in [-0.4, -0.2) is 15.8 Å². The predicted molar refractivity (Wildman–Crippen MR) is 59.4 cm³/mol. The lowest BCUT2D eigenvalue weighted by Crippen LogP contribution is -2.00. The molecule has 0 aliphatic carbocycles. The number of aromatic nitrogens is 1. The Balaban J connectivity index is 2.77. The van der Waals surface area contributed by atoms with Crippen LogP contribution in [0.3, 0.4) is 0 Å². The van der Waals surface area contributed by atoms with Crippen molar-refractivity contribution in [3.05, 3.63) is 40.1 Å². The molecule has 0 saturated heterocycles. The van der Waals surface area contributed by atoms with Gasteiger partial charge in [0.2, 0.25) is 0 Å². The highest BCUT2D eigenvalue weighted by molar-refractivity contribution is 5.90. The van der Waals surface area contributed by atoms with Crippen LogP contribution < -0.4 is 0 Å². The lowest BCUT2D eigenvalue weighted by Gasteiger charge is -2.02. The second-order valence-corrected chi connectivity index (χ2v) is 3.53. The summed E-state index contributed by atoms with van der Waals surface area (Å²) >= 11 is 0. The number of carbonyl (C=O) groups excluding carboxylic acids is 1. The Morgan fingerprint density at radius 3 is 2.88 bits per heavy atom. The molecule has 0 saturated carbocycles. The molecule has 1 heterocycles. The van der Waals surface area contributed by atoms with Gasteiger partial charge in [-0.05, 0) is 19.1 Å². The van der Waals surface area contributed by atoms with Gasteiger partial charge < -0.3 is 9.36 Å². The van der Waals surface area contributed by atoms with Crippen molar-refractivity contribution in [2.75, 3.05) is 0 Å². The number of aldehydes is 1. The summed E-state index contributed by atoms with van der Waals surface area (Å²) in [6.45, 7) is 2.05. The van der Waals surface area contributed by atoms with Gasteiger partial charge in [-0.15, -0.1) is 0 Å². The average molecular weight is 218 g/mol. The topological polar surface area (TPSA) is 65.1 Å². The molecule has 0 amide bonds. The van der Waals surface area contributed by atoms with Crippen LogP contribution in [0.25, 0.3) is 10.9 Å². The van der Waals surface area contributed by atoms with E-state index < -0.39 is 4.92 Å². The number of nitrogens with zero attached hydrogens (tertiary/aromatic N) is 2. The van der Waals surface area contributed by atoms with Crippen LogP contribution in [0, 0.1) is 17.0 Å². The standard InChI is InChI=1S/C11H10N2O3/c1-8-7-9-10(12(8)5-6-14)3-2-4-11(9)13(15)16/h2-4,6-7H,5H2,1H3. The number of nitro groups is 1. The summed E-state index contributed by atoms with van der Waals surface area (Å²) in [4.78, 5) is 20.9. The van der Waals surface area contributed by atoms with Crippen LogP contribution in [0.4, 0.5) is 5.69 Å². The molecule has 0 aliphatic rings. The molecule has 5 heteroatoms. The molecule has 2 aromatic rings. The summed E-state index contributed by atoms with van der Waals surface area (Å²) in [7, 11) is 0. The van der Waals surface area contributed by atoms with E-state index in [0.29, 0.717) is 5.39 Å². The monoisotopic (exact) mass is 218 g/mol. The third-order valence-electron chi connectivity index (χ3n) is 2.58. The molecule has 0 aliphatic heterocycles. The highest BCUT2D eigenvalue weighted by atomic mass is 16.6. The molecule has 0 bridgehead atoms. The van der Waals surface area contributed by atoms with Crippen molar-refractivity contribution in [1.82, 2.24) is 4.57 Å². The summed E-state index contributed by atoms with van der Waals surface area (Å²) in [5.74, 6) is 0. The number of non-ortho nitro benzene ring substituents is 1. The zero-order chi connectivity index (χ0) is 11.7. The van der Waals surface area contributed by atoms with Gasteiger partial charge in [-0.3, -0.25) is 10.1 Å². The Hall–Kier alpha value is -2.17. The molecule has 16 heavy (non-hydrogen) atoms. The van der Waals surface area contributed by atoms with Gasteiger partial charge in [0.05, 0.1) is 22.4 Å². The highest BCUT2D eigenvalue weighted by Gasteiger charge is 2.15. The molecule has 0 radical (unpaired) electrons. The minimum atomic E-state index is -0.410. The Kier molecular flexibility index (Phi) is 2.44. The third-order valence-corrected chi connectivity index (χ3v) is 2.58. The van der Waals surface area contributed by atoms with Gasteiger partial charge in [0.25, 0.3) is 5.69 Å². The fraction of sp³-hybridized carbons (Fsp3) is 0.182. The minimum absolute atomic E-state index is 0.0743. The summed E-state index contributed by atoms with van der Waals surface area (Å²) in [5, 5.41) is 11.4. The van der Waals surface area contributed by atoms with Gasteiger partial charge in [-0.25, -0.2) is 0 Å². The first kappa shape index (κ1) is 10.4. The van der Waals surface area contributed by atoms with Gasteiger partial charge >= 0.3 is 0 Å².